The van der Waals surface area contributed by atoms with Crippen molar-refractivity contribution in [1.29, 1.82) is 0 Å². The Bertz CT molecular complexity index is 729. The molecule has 6 heteroatoms. The van der Waals surface area contributed by atoms with Gasteiger partial charge in [0.1, 0.15) is 17.2 Å². The van der Waals surface area contributed by atoms with E-state index in [2.05, 4.69) is 10.5 Å². The van der Waals surface area contributed by atoms with Crippen LogP contribution in [0.4, 0.5) is 0 Å². The molecule has 0 saturated heterocycles. The molecule has 0 unspecified atom stereocenters. The number of hydrogen-bond donors (Lipinski definition) is 1. The molecule has 0 aliphatic rings. The highest BCUT2D eigenvalue weighted by atomic mass is 16.5. The Morgan fingerprint density at radius 2 is 1.96 bits per heavy atom. The van der Waals surface area contributed by atoms with Crippen molar-refractivity contribution in [3.63, 3.8) is 0 Å². The summed E-state index contributed by atoms with van der Waals surface area (Å²) in [5, 5.41) is 3.97. The van der Waals surface area contributed by atoms with E-state index in [-0.39, 0.29) is 5.91 Å². The lowest BCUT2D eigenvalue weighted by Gasteiger charge is -2.08. The van der Waals surface area contributed by atoms with E-state index < -0.39 is 0 Å². The summed E-state index contributed by atoms with van der Waals surface area (Å²) in [6, 6.07) is 12.4. The molecule has 126 valence electrons. The summed E-state index contributed by atoms with van der Waals surface area (Å²) < 4.78 is 15.7. The van der Waals surface area contributed by atoms with E-state index in [4.69, 9.17) is 14.2 Å². The SMILES string of the molecule is CCOc1cccc(/C=N\NC(=O)c2ccc(OC)cc2OC)c1. The number of hydrogen-bond acceptors (Lipinski definition) is 5. The molecular weight excluding hydrogens is 308 g/mol. The molecule has 0 fully saturated rings. The topological polar surface area (TPSA) is 69.2 Å². The molecule has 24 heavy (non-hydrogen) atoms. The van der Waals surface area contributed by atoms with E-state index in [1.165, 1.54) is 7.11 Å². The van der Waals surface area contributed by atoms with Gasteiger partial charge in [-0.05, 0) is 36.8 Å². The van der Waals surface area contributed by atoms with Crippen molar-refractivity contribution in [3.05, 3.63) is 53.6 Å². The van der Waals surface area contributed by atoms with E-state index in [1.807, 2.05) is 31.2 Å². The number of nitrogens with one attached hydrogen (secondary N) is 1. The largest absolute Gasteiger partial charge is 0.497 e. The first-order chi connectivity index (χ1) is 11.7. The minimum atomic E-state index is -0.369. The Hall–Kier alpha value is -3.02. The minimum Gasteiger partial charge on any atom is -0.497 e. The van der Waals surface area contributed by atoms with Gasteiger partial charge in [-0.2, -0.15) is 5.10 Å². The van der Waals surface area contributed by atoms with Crippen molar-refractivity contribution < 1.29 is 19.0 Å². The number of ether oxygens (including phenoxy) is 3. The number of benzene rings is 2. The molecule has 1 N–H and O–H groups in total. The van der Waals surface area contributed by atoms with E-state index in [0.29, 0.717) is 23.7 Å². The quantitative estimate of drug-likeness (QED) is 0.627. The number of carbonyl (C=O) groups excluding carboxylic acids is 1. The fraction of sp³-hybridized carbons (Fsp3) is 0.222. The lowest BCUT2D eigenvalue weighted by Crippen LogP contribution is -2.18. The molecule has 0 aromatic heterocycles. The molecule has 0 spiro atoms. The first-order valence-electron chi connectivity index (χ1n) is 7.46. The zero-order chi connectivity index (χ0) is 17.4. The molecule has 6 nitrogen and oxygen atoms in total. The Morgan fingerprint density at radius 1 is 1.12 bits per heavy atom. The average Bonchev–Trinajstić information content (AvgIpc) is 2.61. The van der Waals surface area contributed by atoms with Crippen LogP contribution in [0, 0.1) is 0 Å². The summed E-state index contributed by atoms with van der Waals surface area (Å²) in [5.41, 5.74) is 3.68. The highest BCUT2D eigenvalue weighted by molar-refractivity contribution is 5.97. The van der Waals surface area contributed by atoms with E-state index in [1.54, 1.807) is 31.5 Å². The molecule has 0 aliphatic carbocycles. The second-order valence-electron chi connectivity index (χ2n) is 4.77. The number of nitrogens with zero attached hydrogens (tertiary/aromatic N) is 1. The van der Waals surface area contributed by atoms with Crippen molar-refractivity contribution in [2.45, 2.75) is 6.92 Å². The molecule has 0 aliphatic heterocycles. The van der Waals surface area contributed by atoms with E-state index in [0.717, 1.165) is 11.3 Å². The molecule has 2 rings (SSSR count). The van der Waals surface area contributed by atoms with E-state index >= 15 is 0 Å². The third-order valence-electron chi connectivity index (χ3n) is 3.20. The summed E-state index contributed by atoms with van der Waals surface area (Å²) in [5.74, 6) is 1.41. The van der Waals surface area contributed by atoms with Crippen LogP contribution in [0.25, 0.3) is 0 Å². The van der Waals surface area contributed by atoms with Crippen LogP contribution in [0.5, 0.6) is 17.2 Å². The van der Waals surface area contributed by atoms with Crippen LogP contribution < -0.4 is 19.6 Å². The third kappa shape index (κ3) is 4.49. The highest BCUT2D eigenvalue weighted by Crippen LogP contribution is 2.24. The van der Waals surface area contributed by atoms with Crippen LogP contribution in [0.1, 0.15) is 22.8 Å². The van der Waals surface area contributed by atoms with Crippen LogP contribution >= 0.6 is 0 Å². The summed E-state index contributed by atoms with van der Waals surface area (Å²) in [7, 11) is 3.04. The normalized spacial score (nSPS) is 10.5. The fourth-order valence-corrected chi connectivity index (χ4v) is 2.06. The number of methoxy groups -OCH3 is 2. The Kier molecular flexibility index (Phi) is 6.19. The number of rotatable bonds is 7. The monoisotopic (exact) mass is 328 g/mol. The first kappa shape index (κ1) is 17.3. The predicted octanol–water partition coefficient (Wildman–Crippen LogP) is 2.87. The molecule has 2 aromatic carbocycles. The third-order valence-corrected chi connectivity index (χ3v) is 3.20. The van der Waals surface area contributed by atoms with Gasteiger partial charge in [0.15, 0.2) is 0 Å². The van der Waals surface area contributed by atoms with E-state index in [9.17, 15) is 4.79 Å². The van der Waals surface area contributed by atoms with Crippen molar-refractivity contribution in [2.24, 2.45) is 5.10 Å². The Morgan fingerprint density at radius 3 is 2.67 bits per heavy atom. The first-order valence-corrected chi connectivity index (χ1v) is 7.46. The number of amides is 1. The van der Waals surface area contributed by atoms with Gasteiger partial charge >= 0.3 is 0 Å². The lowest BCUT2D eigenvalue weighted by molar-refractivity contribution is 0.0952. The molecular formula is C18H20N2O4. The second kappa shape index (κ2) is 8.57. The van der Waals surface area contributed by atoms with Crippen molar-refractivity contribution in [3.8, 4) is 17.2 Å². The molecule has 0 bridgehead atoms. The fourth-order valence-electron chi connectivity index (χ4n) is 2.06. The Labute approximate surface area is 141 Å². The molecule has 0 atom stereocenters. The zero-order valence-electron chi connectivity index (χ0n) is 13.9. The minimum absolute atomic E-state index is 0.369. The Balaban J connectivity index is 2.06. The summed E-state index contributed by atoms with van der Waals surface area (Å²) in [4.78, 5) is 12.2. The second-order valence-corrected chi connectivity index (χ2v) is 4.77. The molecule has 1 amide bonds. The maximum Gasteiger partial charge on any atom is 0.275 e. The van der Waals surface area contributed by atoms with Gasteiger partial charge in [-0.15, -0.1) is 0 Å². The van der Waals surface area contributed by atoms with Gasteiger partial charge in [-0.3, -0.25) is 4.79 Å². The average molecular weight is 328 g/mol. The molecule has 0 radical (unpaired) electrons. The standard InChI is InChI=1S/C18H20N2O4/c1-4-24-15-7-5-6-13(10-15)12-19-20-18(21)16-9-8-14(22-2)11-17(16)23-3/h5-12H,4H2,1-3H3,(H,20,21)/b19-12-. The van der Waals surface area contributed by atoms with Gasteiger partial charge in [0.05, 0.1) is 32.6 Å². The van der Waals surface area contributed by atoms with Crippen LogP contribution in [0.3, 0.4) is 0 Å². The summed E-state index contributed by atoms with van der Waals surface area (Å²) in [6.07, 6.45) is 1.55. The van der Waals surface area contributed by atoms with Crippen molar-refractivity contribution in [1.82, 2.24) is 5.43 Å². The van der Waals surface area contributed by atoms with Crippen LogP contribution in [0.2, 0.25) is 0 Å². The molecule has 2 aromatic rings. The highest BCUT2D eigenvalue weighted by Gasteiger charge is 2.12. The van der Waals surface area contributed by atoms with Crippen LogP contribution in [0.15, 0.2) is 47.6 Å². The summed E-state index contributed by atoms with van der Waals surface area (Å²) >= 11 is 0. The van der Waals surface area contributed by atoms with Gasteiger partial charge < -0.3 is 14.2 Å². The maximum absolute atomic E-state index is 12.2. The molecule has 0 heterocycles. The van der Waals surface area contributed by atoms with Gasteiger partial charge in [-0.25, -0.2) is 5.43 Å². The van der Waals surface area contributed by atoms with Gasteiger partial charge in [0.25, 0.3) is 5.91 Å². The predicted molar refractivity (Wildman–Crippen MR) is 92.2 cm³/mol. The zero-order valence-corrected chi connectivity index (χ0v) is 13.9. The lowest BCUT2D eigenvalue weighted by atomic mass is 10.2. The van der Waals surface area contributed by atoms with Gasteiger partial charge in [-0.1, -0.05) is 12.1 Å². The number of carbonyl (C=O) groups is 1. The van der Waals surface area contributed by atoms with Crippen molar-refractivity contribution >= 4 is 12.1 Å². The van der Waals surface area contributed by atoms with Crippen molar-refractivity contribution in [2.75, 3.05) is 20.8 Å². The van der Waals surface area contributed by atoms with Crippen LogP contribution in [-0.2, 0) is 0 Å². The summed E-state index contributed by atoms with van der Waals surface area (Å²) in [6.45, 7) is 2.51. The van der Waals surface area contributed by atoms with Crippen LogP contribution in [-0.4, -0.2) is 32.9 Å². The molecule has 0 saturated carbocycles. The van der Waals surface area contributed by atoms with Gasteiger partial charge in [0, 0.05) is 6.07 Å². The number of hydrazone groups is 1. The smallest absolute Gasteiger partial charge is 0.275 e. The van der Waals surface area contributed by atoms with Gasteiger partial charge in [0.2, 0.25) is 0 Å². The maximum atomic E-state index is 12.2.